The average Bonchev–Trinajstić information content (AvgIpc) is 3.04. The zero-order chi connectivity index (χ0) is 18.7. The van der Waals surface area contributed by atoms with Crippen LogP contribution in [0.3, 0.4) is 0 Å². The molecule has 2 N–H and O–H groups in total. The summed E-state index contributed by atoms with van der Waals surface area (Å²) in [6.07, 6.45) is -3.17. The van der Waals surface area contributed by atoms with Gasteiger partial charge in [0.25, 0.3) is 5.91 Å². The lowest BCUT2D eigenvalue weighted by Crippen LogP contribution is -2.34. The number of rotatable bonds is 6. The number of aryl methyl sites for hydroxylation is 1. The van der Waals surface area contributed by atoms with E-state index in [0.29, 0.717) is 11.3 Å². The Bertz CT molecular complexity index is 846. The van der Waals surface area contributed by atoms with Gasteiger partial charge in [-0.3, -0.25) is 4.79 Å². The van der Waals surface area contributed by atoms with Crippen LogP contribution >= 0.6 is 0 Å². The predicted molar refractivity (Wildman–Crippen MR) is 82.3 cm³/mol. The molecule has 0 aliphatic heterocycles. The van der Waals surface area contributed by atoms with Gasteiger partial charge >= 0.3 is 6.18 Å². The second-order valence-corrected chi connectivity index (χ2v) is 6.95. The van der Waals surface area contributed by atoms with E-state index in [2.05, 4.69) is 4.72 Å². The predicted octanol–water partition coefficient (Wildman–Crippen LogP) is 2.36. The van der Waals surface area contributed by atoms with Crippen molar-refractivity contribution in [1.29, 1.82) is 0 Å². The highest BCUT2D eigenvalue weighted by Crippen LogP contribution is 2.17. The van der Waals surface area contributed by atoms with Gasteiger partial charge < -0.3 is 9.73 Å². The first-order chi connectivity index (χ1) is 11.6. The first kappa shape index (κ1) is 19.0. The molecule has 0 spiro atoms. The van der Waals surface area contributed by atoms with E-state index in [-0.39, 0.29) is 17.0 Å². The van der Waals surface area contributed by atoms with Crippen LogP contribution in [0.5, 0.6) is 0 Å². The lowest BCUT2D eigenvalue weighted by Gasteiger charge is -2.12. The number of amides is 1. The normalized spacial score (nSPS) is 12.2. The fraction of sp³-hybridized carbons (Fsp3) is 0.267. The van der Waals surface area contributed by atoms with E-state index < -0.39 is 28.7 Å². The third-order valence-corrected chi connectivity index (χ3v) is 4.63. The minimum atomic E-state index is -4.56. The van der Waals surface area contributed by atoms with Gasteiger partial charge in [0.1, 0.15) is 12.3 Å². The Hall–Kier alpha value is -2.33. The summed E-state index contributed by atoms with van der Waals surface area (Å²) >= 11 is 0. The van der Waals surface area contributed by atoms with Crippen LogP contribution in [-0.2, 0) is 16.6 Å². The highest BCUT2D eigenvalue weighted by Gasteiger charge is 2.28. The highest BCUT2D eigenvalue weighted by atomic mass is 32.2. The molecule has 0 radical (unpaired) electrons. The molecule has 0 aliphatic rings. The van der Waals surface area contributed by atoms with Crippen molar-refractivity contribution in [3.05, 3.63) is 53.5 Å². The molecule has 2 rings (SSSR count). The molecule has 25 heavy (non-hydrogen) atoms. The van der Waals surface area contributed by atoms with Crippen molar-refractivity contribution in [2.75, 3.05) is 6.54 Å². The number of halogens is 3. The number of furan rings is 1. The van der Waals surface area contributed by atoms with Gasteiger partial charge in [-0.05, 0) is 36.8 Å². The Morgan fingerprint density at radius 2 is 1.96 bits per heavy atom. The van der Waals surface area contributed by atoms with E-state index in [4.69, 9.17) is 4.42 Å². The molecule has 0 saturated heterocycles. The molecule has 136 valence electrons. The molecule has 1 aromatic carbocycles. The van der Waals surface area contributed by atoms with Crippen LogP contribution in [-0.4, -0.2) is 27.0 Å². The second-order valence-electron chi connectivity index (χ2n) is 5.18. The average molecular weight is 376 g/mol. The number of alkyl halides is 3. The molecule has 2 aromatic rings. The number of carbonyl (C=O) groups excluding carboxylic acids is 1. The monoisotopic (exact) mass is 376 g/mol. The zero-order valence-corrected chi connectivity index (χ0v) is 13.9. The highest BCUT2D eigenvalue weighted by molar-refractivity contribution is 7.89. The van der Waals surface area contributed by atoms with E-state index >= 15 is 0 Å². The number of hydrogen-bond acceptors (Lipinski definition) is 4. The quantitative estimate of drug-likeness (QED) is 0.810. The number of sulfonamides is 1. The summed E-state index contributed by atoms with van der Waals surface area (Å²) in [5.74, 6) is -0.614. The summed E-state index contributed by atoms with van der Waals surface area (Å²) in [5, 5.41) is 1.72. The molecule has 10 heteroatoms. The van der Waals surface area contributed by atoms with E-state index in [1.807, 2.05) is 0 Å². The minimum absolute atomic E-state index is 0.0984. The standard InChI is InChI=1S/C15H15F3N2O4S/c1-10-4-5-12(7-13(10)14(21)19-9-15(16,17)18)25(22,23)20-8-11-3-2-6-24-11/h2-7,20H,8-9H2,1H3,(H,19,21). The summed E-state index contributed by atoms with van der Waals surface area (Å²) in [7, 11) is -3.96. The molecule has 0 fully saturated rings. The maximum atomic E-state index is 12.3. The molecule has 0 atom stereocenters. The van der Waals surface area contributed by atoms with Crippen molar-refractivity contribution in [2.24, 2.45) is 0 Å². The van der Waals surface area contributed by atoms with E-state index in [0.717, 1.165) is 6.07 Å². The van der Waals surface area contributed by atoms with E-state index in [9.17, 15) is 26.4 Å². The van der Waals surface area contributed by atoms with Gasteiger partial charge in [0.2, 0.25) is 10.0 Å². The Morgan fingerprint density at radius 3 is 2.56 bits per heavy atom. The Morgan fingerprint density at radius 1 is 1.24 bits per heavy atom. The van der Waals surface area contributed by atoms with E-state index in [1.165, 1.54) is 25.3 Å². The van der Waals surface area contributed by atoms with E-state index in [1.54, 1.807) is 17.4 Å². The van der Waals surface area contributed by atoms with Gasteiger partial charge in [-0.1, -0.05) is 6.07 Å². The molecule has 6 nitrogen and oxygen atoms in total. The topological polar surface area (TPSA) is 88.4 Å². The molecule has 0 unspecified atom stereocenters. The van der Waals surface area contributed by atoms with Gasteiger partial charge in [-0.2, -0.15) is 13.2 Å². The smallest absolute Gasteiger partial charge is 0.405 e. The second kappa shape index (κ2) is 7.28. The van der Waals surface area contributed by atoms with Crippen molar-refractivity contribution in [1.82, 2.24) is 10.0 Å². The number of hydrogen-bond donors (Lipinski definition) is 2. The van der Waals surface area contributed by atoms with Crippen LogP contribution in [0.1, 0.15) is 21.7 Å². The first-order valence-electron chi connectivity index (χ1n) is 7.06. The molecule has 1 heterocycles. The molecule has 1 amide bonds. The maximum absolute atomic E-state index is 12.3. The van der Waals surface area contributed by atoms with Gasteiger partial charge in [-0.15, -0.1) is 0 Å². The summed E-state index contributed by atoms with van der Waals surface area (Å²) in [5.41, 5.74) is 0.204. The fourth-order valence-electron chi connectivity index (χ4n) is 1.95. The Balaban J connectivity index is 2.17. The van der Waals surface area contributed by atoms with Crippen LogP contribution in [0.4, 0.5) is 13.2 Å². The van der Waals surface area contributed by atoms with Crippen molar-refractivity contribution in [3.8, 4) is 0 Å². The van der Waals surface area contributed by atoms with Crippen LogP contribution in [0.15, 0.2) is 45.9 Å². The summed E-state index contributed by atoms with van der Waals surface area (Å²) in [6, 6.07) is 6.82. The van der Waals surface area contributed by atoms with Crippen molar-refractivity contribution in [3.63, 3.8) is 0 Å². The lowest BCUT2D eigenvalue weighted by atomic mass is 10.1. The summed E-state index contributed by atoms with van der Waals surface area (Å²) in [4.78, 5) is 11.7. The number of benzene rings is 1. The van der Waals surface area contributed by atoms with Gasteiger partial charge in [0, 0.05) is 5.56 Å². The lowest BCUT2D eigenvalue weighted by molar-refractivity contribution is -0.123. The SMILES string of the molecule is Cc1ccc(S(=O)(=O)NCc2ccco2)cc1C(=O)NCC(F)(F)F. The molecular formula is C15H15F3N2O4S. The van der Waals surface area contributed by atoms with Crippen LogP contribution in [0, 0.1) is 6.92 Å². The molecule has 1 aromatic heterocycles. The van der Waals surface area contributed by atoms with Gasteiger partial charge in [0.05, 0.1) is 17.7 Å². The van der Waals surface area contributed by atoms with Gasteiger partial charge in [0.15, 0.2) is 0 Å². The van der Waals surface area contributed by atoms with Crippen LogP contribution in [0.2, 0.25) is 0 Å². The van der Waals surface area contributed by atoms with Crippen LogP contribution in [0.25, 0.3) is 0 Å². The molecule has 0 saturated carbocycles. The van der Waals surface area contributed by atoms with Gasteiger partial charge in [-0.25, -0.2) is 13.1 Å². The molecule has 0 aliphatic carbocycles. The van der Waals surface area contributed by atoms with Crippen molar-refractivity contribution >= 4 is 15.9 Å². The number of carbonyl (C=O) groups is 1. The largest absolute Gasteiger partial charge is 0.468 e. The minimum Gasteiger partial charge on any atom is -0.468 e. The molecule has 0 bridgehead atoms. The first-order valence-corrected chi connectivity index (χ1v) is 8.54. The van der Waals surface area contributed by atoms with Crippen molar-refractivity contribution in [2.45, 2.75) is 24.5 Å². The third-order valence-electron chi connectivity index (χ3n) is 3.23. The summed E-state index contributed by atoms with van der Waals surface area (Å²) < 4.78 is 68.4. The maximum Gasteiger partial charge on any atom is 0.405 e. The Labute approximate surface area is 142 Å². The van der Waals surface area contributed by atoms with Crippen molar-refractivity contribution < 1.29 is 30.8 Å². The number of nitrogens with one attached hydrogen (secondary N) is 2. The third kappa shape index (κ3) is 5.33. The summed E-state index contributed by atoms with van der Waals surface area (Å²) in [6.45, 7) is -0.104. The Kier molecular flexibility index (Phi) is 5.53. The molecular weight excluding hydrogens is 361 g/mol. The fourth-order valence-corrected chi connectivity index (χ4v) is 2.97. The zero-order valence-electron chi connectivity index (χ0n) is 13.1. The van der Waals surface area contributed by atoms with Crippen LogP contribution < -0.4 is 10.0 Å².